The number of nitrogens with zero attached hydrogens (tertiary/aromatic N) is 1. The number of ether oxygens (including phenoxy) is 1. The van der Waals surface area contributed by atoms with Gasteiger partial charge in [-0.3, -0.25) is 4.79 Å². The molecule has 0 bridgehead atoms. The van der Waals surface area contributed by atoms with Gasteiger partial charge in [0.2, 0.25) is 5.91 Å². The molecule has 0 radical (unpaired) electrons. The summed E-state index contributed by atoms with van der Waals surface area (Å²) in [6.07, 6.45) is 1.63. The lowest BCUT2D eigenvalue weighted by Gasteiger charge is -2.10. The normalized spacial score (nSPS) is 12.2. The predicted octanol–water partition coefficient (Wildman–Crippen LogP) is 0.302. The summed E-state index contributed by atoms with van der Waals surface area (Å²) in [7, 11) is 1.50. The van der Waals surface area contributed by atoms with Crippen LogP contribution < -0.4 is 11.1 Å². The minimum Gasteiger partial charge on any atom is -0.383 e. The third-order valence-electron chi connectivity index (χ3n) is 1.85. The van der Waals surface area contributed by atoms with Crippen LogP contribution in [0.4, 0.5) is 5.82 Å². The van der Waals surface area contributed by atoms with E-state index in [2.05, 4.69) is 10.3 Å². The number of rotatable bonds is 4. The largest absolute Gasteiger partial charge is 0.383 e. The SMILES string of the molecule is COCC(N)C(=O)Nc1cc(C)ccn1. The third kappa shape index (κ3) is 3.65. The van der Waals surface area contributed by atoms with Gasteiger partial charge in [-0.15, -0.1) is 0 Å². The summed E-state index contributed by atoms with van der Waals surface area (Å²) >= 11 is 0. The number of anilines is 1. The van der Waals surface area contributed by atoms with E-state index in [1.807, 2.05) is 13.0 Å². The molecule has 1 amide bonds. The molecule has 1 aromatic rings. The van der Waals surface area contributed by atoms with Crippen LogP contribution in [0.25, 0.3) is 0 Å². The first kappa shape index (κ1) is 11.6. The molecule has 0 saturated carbocycles. The van der Waals surface area contributed by atoms with Crippen molar-refractivity contribution < 1.29 is 9.53 Å². The van der Waals surface area contributed by atoms with E-state index in [0.717, 1.165) is 5.56 Å². The van der Waals surface area contributed by atoms with Gasteiger partial charge in [0.05, 0.1) is 6.61 Å². The molecule has 3 N–H and O–H groups in total. The van der Waals surface area contributed by atoms with Crippen molar-refractivity contribution in [2.75, 3.05) is 19.0 Å². The van der Waals surface area contributed by atoms with Crippen molar-refractivity contribution in [2.24, 2.45) is 5.73 Å². The van der Waals surface area contributed by atoms with Crippen LogP contribution in [-0.4, -0.2) is 30.6 Å². The zero-order valence-electron chi connectivity index (χ0n) is 8.86. The van der Waals surface area contributed by atoms with Crippen molar-refractivity contribution in [1.29, 1.82) is 0 Å². The van der Waals surface area contributed by atoms with Gasteiger partial charge in [-0.1, -0.05) is 0 Å². The molecular weight excluding hydrogens is 194 g/mol. The van der Waals surface area contributed by atoms with Crippen LogP contribution in [0.3, 0.4) is 0 Å². The Bertz CT molecular complexity index is 341. The maximum atomic E-state index is 11.5. The van der Waals surface area contributed by atoms with Crippen LogP contribution in [-0.2, 0) is 9.53 Å². The Labute approximate surface area is 88.6 Å². The molecule has 0 aliphatic heterocycles. The Morgan fingerprint density at radius 3 is 3.07 bits per heavy atom. The molecule has 1 heterocycles. The van der Waals surface area contributed by atoms with Gasteiger partial charge in [0.25, 0.3) is 0 Å². The van der Waals surface area contributed by atoms with Gasteiger partial charge in [0.1, 0.15) is 11.9 Å². The molecule has 1 rings (SSSR count). The Kier molecular flexibility index (Phi) is 4.20. The maximum absolute atomic E-state index is 11.5. The molecule has 1 aromatic heterocycles. The van der Waals surface area contributed by atoms with Crippen LogP contribution in [0, 0.1) is 6.92 Å². The first-order valence-electron chi connectivity index (χ1n) is 4.61. The number of amides is 1. The first-order chi connectivity index (χ1) is 7.13. The number of nitrogens with one attached hydrogen (secondary N) is 1. The zero-order valence-corrected chi connectivity index (χ0v) is 8.86. The molecule has 1 atom stereocenters. The van der Waals surface area contributed by atoms with Gasteiger partial charge in [0.15, 0.2) is 0 Å². The van der Waals surface area contributed by atoms with Crippen molar-refractivity contribution >= 4 is 11.7 Å². The smallest absolute Gasteiger partial charge is 0.244 e. The second-order valence-electron chi connectivity index (χ2n) is 3.27. The molecule has 0 spiro atoms. The highest BCUT2D eigenvalue weighted by Crippen LogP contribution is 2.05. The Morgan fingerprint density at radius 1 is 1.73 bits per heavy atom. The van der Waals surface area contributed by atoms with E-state index in [0.29, 0.717) is 5.82 Å². The number of carbonyl (C=O) groups is 1. The lowest BCUT2D eigenvalue weighted by atomic mass is 10.3. The Balaban J connectivity index is 2.58. The molecular formula is C10H15N3O2. The van der Waals surface area contributed by atoms with Crippen molar-refractivity contribution in [2.45, 2.75) is 13.0 Å². The number of hydrogen-bond donors (Lipinski definition) is 2. The molecule has 0 aromatic carbocycles. The van der Waals surface area contributed by atoms with Crippen molar-refractivity contribution in [3.63, 3.8) is 0 Å². The van der Waals surface area contributed by atoms with E-state index in [9.17, 15) is 4.79 Å². The van der Waals surface area contributed by atoms with Crippen molar-refractivity contribution in [1.82, 2.24) is 4.98 Å². The molecule has 5 nitrogen and oxygen atoms in total. The van der Waals surface area contributed by atoms with Gasteiger partial charge in [-0.25, -0.2) is 4.98 Å². The Hall–Kier alpha value is -1.46. The number of pyridine rings is 1. The zero-order chi connectivity index (χ0) is 11.3. The minimum atomic E-state index is -0.669. The lowest BCUT2D eigenvalue weighted by Crippen LogP contribution is -2.39. The first-order valence-corrected chi connectivity index (χ1v) is 4.61. The van der Waals surface area contributed by atoms with Gasteiger partial charge in [-0.05, 0) is 24.6 Å². The number of hydrogen-bond acceptors (Lipinski definition) is 4. The summed E-state index contributed by atoms with van der Waals surface area (Å²) in [5.74, 6) is 0.210. The molecule has 1 unspecified atom stereocenters. The van der Waals surface area contributed by atoms with Crippen LogP contribution in [0.15, 0.2) is 18.3 Å². The second-order valence-corrected chi connectivity index (χ2v) is 3.27. The van der Waals surface area contributed by atoms with E-state index in [4.69, 9.17) is 10.5 Å². The summed E-state index contributed by atoms with van der Waals surface area (Å²) in [4.78, 5) is 15.5. The molecule has 5 heteroatoms. The highest BCUT2D eigenvalue weighted by Gasteiger charge is 2.13. The van der Waals surface area contributed by atoms with Crippen LogP contribution in [0.2, 0.25) is 0 Å². The number of aryl methyl sites for hydroxylation is 1. The van der Waals surface area contributed by atoms with E-state index in [1.54, 1.807) is 12.3 Å². The van der Waals surface area contributed by atoms with Crippen molar-refractivity contribution in [3.05, 3.63) is 23.9 Å². The summed E-state index contributed by atoms with van der Waals surface area (Å²) in [6, 6.07) is 2.96. The fraction of sp³-hybridized carbons (Fsp3) is 0.400. The Morgan fingerprint density at radius 2 is 2.47 bits per heavy atom. The molecule has 0 fully saturated rings. The number of aromatic nitrogens is 1. The summed E-state index contributed by atoms with van der Waals surface area (Å²) in [6.45, 7) is 2.12. The highest BCUT2D eigenvalue weighted by atomic mass is 16.5. The maximum Gasteiger partial charge on any atom is 0.244 e. The number of nitrogens with two attached hydrogens (primary N) is 1. The average Bonchev–Trinajstić information content (AvgIpc) is 2.18. The summed E-state index contributed by atoms with van der Waals surface area (Å²) in [5, 5.41) is 2.61. The predicted molar refractivity (Wildman–Crippen MR) is 57.5 cm³/mol. The average molecular weight is 209 g/mol. The summed E-state index contributed by atoms with van der Waals surface area (Å²) in [5.41, 5.74) is 6.58. The standard InChI is InChI=1S/C10H15N3O2/c1-7-3-4-12-9(5-7)13-10(14)8(11)6-15-2/h3-5,8H,6,11H2,1-2H3,(H,12,13,14). The number of methoxy groups -OCH3 is 1. The molecule has 0 aliphatic carbocycles. The quantitative estimate of drug-likeness (QED) is 0.747. The molecule has 0 aliphatic rings. The van der Waals surface area contributed by atoms with Gasteiger partial charge >= 0.3 is 0 Å². The van der Waals surface area contributed by atoms with Crippen LogP contribution >= 0.6 is 0 Å². The lowest BCUT2D eigenvalue weighted by molar-refractivity contribution is -0.118. The molecule has 0 saturated heterocycles. The highest BCUT2D eigenvalue weighted by molar-refractivity contribution is 5.93. The van der Waals surface area contributed by atoms with E-state index < -0.39 is 6.04 Å². The van der Waals surface area contributed by atoms with E-state index >= 15 is 0 Å². The van der Waals surface area contributed by atoms with Crippen molar-refractivity contribution in [3.8, 4) is 0 Å². The van der Waals surface area contributed by atoms with Gasteiger partial charge < -0.3 is 15.8 Å². The summed E-state index contributed by atoms with van der Waals surface area (Å²) < 4.78 is 4.78. The van der Waals surface area contributed by atoms with Gasteiger partial charge in [0, 0.05) is 13.3 Å². The minimum absolute atomic E-state index is 0.192. The number of carbonyl (C=O) groups excluding carboxylic acids is 1. The van der Waals surface area contributed by atoms with Gasteiger partial charge in [-0.2, -0.15) is 0 Å². The fourth-order valence-corrected chi connectivity index (χ4v) is 1.08. The molecule has 82 valence electrons. The fourth-order valence-electron chi connectivity index (χ4n) is 1.08. The van der Waals surface area contributed by atoms with E-state index in [-0.39, 0.29) is 12.5 Å². The van der Waals surface area contributed by atoms with E-state index in [1.165, 1.54) is 7.11 Å². The topological polar surface area (TPSA) is 77.2 Å². The monoisotopic (exact) mass is 209 g/mol. The van der Waals surface area contributed by atoms with Crippen LogP contribution in [0.5, 0.6) is 0 Å². The third-order valence-corrected chi connectivity index (χ3v) is 1.85. The van der Waals surface area contributed by atoms with Crippen LogP contribution in [0.1, 0.15) is 5.56 Å². The molecule has 15 heavy (non-hydrogen) atoms. The second kappa shape index (κ2) is 5.43.